The predicted molar refractivity (Wildman–Crippen MR) is 63.5 cm³/mol. The van der Waals surface area contributed by atoms with E-state index in [1.165, 1.54) is 25.7 Å². The zero-order valence-electron chi connectivity index (χ0n) is 9.19. The Morgan fingerprint density at radius 1 is 1.06 bits per heavy atom. The van der Waals surface area contributed by atoms with Gasteiger partial charge in [0.1, 0.15) is 11.1 Å². The Morgan fingerprint density at radius 2 is 1.88 bits per heavy atom. The number of fused-ring (bicyclic) bond motifs is 1. The Bertz CT molecular complexity index is 482. The van der Waals surface area contributed by atoms with Gasteiger partial charge in [-0.1, -0.05) is 12.1 Å². The highest BCUT2D eigenvalue weighted by Gasteiger charge is 2.19. The van der Waals surface area contributed by atoms with Crippen LogP contribution >= 0.6 is 0 Å². The molecular formula is C14H15O2+. The molecule has 1 aliphatic rings. The van der Waals surface area contributed by atoms with E-state index in [-0.39, 0.29) is 0 Å². The Hall–Kier alpha value is -1.57. The molecule has 0 aliphatic heterocycles. The lowest BCUT2D eigenvalue weighted by Gasteiger charge is -2.12. The van der Waals surface area contributed by atoms with Crippen LogP contribution in [0.1, 0.15) is 25.7 Å². The van der Waals surface area contributed by atoms with Crippen LogP contribution in [0.3, 0.4) is 0 Å². The van der Waals surface area contributed by atoms with Crippen LogP contribution in [-0.4, -0.2) is 6.10 Å². The monoisotopic (exact) mass is 215 g/mol. The maximum absolute atomic E-state index is 6.03. The molecule has 0 unspecified atom stereocenters. The fourth-order valence-corrected chi connectivity index (χ4v) is 2.32. The van der Waals surface area contributed by atoms with Crippen molar-refractivity contribution in [2.75, 3.05) is 0 Å². The summed E-state index contributed by atoms with van der Waals surface area (Å²) in [5.41, 5.74) is 0.887. The van der Waals surface area contributed by atoms with Crippen LogP contribution < -0.4 is 4.74 Å². The molecule has 1 saturated carbocycles. The first-order valence-electron chi connectivity index (χ1n) is 5.90. The number of para-hydroxylation sites is 1. The van der Waals surface area contributed by atoms with Crippen LogP contribution in [0.4, 0.5) is 0 Å². The molecule has 0 N–H and O–H groups in total. The van der Waals surface area contributed by atoms with Crippen molar-refractivity contribution in [3.63, 3.8) is 0 Å². The van der Waals surface area contributed by atoms with E-state index in [2.05, 4.69) is 0 Å². The normalized spacial score (nSPS) is 16.8. The average molecular weight is 215 g/mol. The number of ether oxygens (including phenoxy) is 1. The molecule has 1 aromatic carbocycles. The van der Waals surface area contributed by atoms with Gasteiger partial charge in [-0.05, 0) is 31.7 Å². The molecule has 16 heavy (non-hydrogen) atoms. The molecular weight excluding hydrogens is 200 g/mol. The standard InChI is InChI=1S/C14H15O2/c1-2-6-11(5-1)16-14-9-10-15-13-8-4-3-7-12(13)14/h3-4,7-11H,1-2,5-6H2/q+1. The minimum absolute atomic E-state index is 0.394. The van der Waals surface area contributed by atoms with E-state index in [1.54, 1.807) is 6.26 Å². The molecule has 1 fully saturated rings. The van der Waals surface area contributed by atoms with Crippen LogP contribution in [0.15, 0.2) is 41.0 Å². The number of rotatable bonds is 2. The second-order valence-electron chi connectivity index (χ2n) is 4.31. The van der Waals surface area contributed by atoms with E-state index < -0.39 is 0 Å². The van der Waals surface area contributed by atoms with Gasteiger partial charge in [0, 0.05) is 6.07 Å². The molecule has 1 aromatic heterocycles. The van der Waals surface area contributed by atoms with Crippen LogP contribution in [-0.2, 0) is 0 Å². The quantitative estimate of drug-likeness (QED) is 0.705. The molecule has 0 saturated heterocycles. The summed E-state index contributed by atoms with van der Waals surface area (Å²) in [7, 11) is 0. The summed E-state index contributed by atoms with van der Waals surface area (Å²) in [5.74, 6) is 0.953. The first-order valence-corrected chi connectivity index (χ1v) is 5.90. The highest BCUT2D eigenvalue weighted by Crippen LogP contribution is 2.29. The van der Waals surface area contributed by atoms with Crippen molar-refractivity contribution in [1.29, 1.82) is 0 Å². The van der Waals surface area contributed by atoms with Gasteiger partial charge in [-0.25, -0.2) is 4.42 Å². The van der Waals surface area contributed by atoms with Gasteiger partial charge in [0.2, 0.25) is 0 Å². The Morgan fingerprint density at radius 3 is 2.75 bits per heavy atom. The third-order valence-electron chi connectivity index (χ3n) is 3.16. The smallest absolute Gasteiger partial charge is 0.363 e. The molecule has 2 heteroatoms. The first kappa shape index (κ1) is 9.64. The first-order chi connectivity index (χ1) is 7.93. The molecule has 1 aliphatic carbocycles. The highest BCUT2D eigenvalue weighted by molar-refractivity contribution is 5.82. The van der Waals surface area contributed by atoms with E-state index in [4.69, 9.17) is 9.15 Å². The molecule has 2 nitrogen and oxygen atoms in total. The van der Waals surface area contributed by atoms with Crippen molar-refractivity contribution in [1.82, 2.24) is 0 Å². The summed E-state index contributed by atoms with van der Waals surface area (Å²) in [4.78, 5) is 0. The largest absolute Gasteiger partial charge is 0.489 e. The average Bonchev–Trinajstić information content (AvgIpc) is 2.82. The highest BCUT2D eigenvalue weighted by atomic mass is 16.5. The van der Waals surface area contributed by atoms with Crippen LogP contribution in [0.5, 0.6) is 5.75 Å². The van der Waals surface area contributed by atoms with Crippen molar-refractivity contribution in [2.45, 2.75) is 31.8 Å². The molecule has 0 bridgehead atoms. The SMILES string of the molecule is c1ccc2c(OC3CCCC3)cc[o+]c2c1. The van der Waals surface area contributed by atoms with Crippen molar-refractivity contribution in [3.05, 3.63) is 36.6 Å². The van der Waals surface area contributed by atoms with Crippen LogP contribution in [0.25, 0.3) is 11.0 Å². The maximum atomic E-state index is 6.03. The van der Waals surface area contributed by atoms with Crippen molar-refractivity contribution < 1.29 is 9.15 Å². The lowest BCUT2D eigenvalue weighted by atomic mass is 10.2. The Labute approximate surface area is 94.9 Å². The van der Waals surface area contributed by atoms with E-state index in [0.29, 0.717) is 6.10 Å². The topological polar surface area (TPSA) is 20.5 Å². The van der Waals surface area contributed by atoms with Gasteiger partial charge in [0.05, 0.1) is 12.2 Å². The summed E-state index contributed by atoms with van der Waals surface area (Å²) >= 11 is 0. The van der Waals surface area contributed by atoms with Gasteiger partial charge in [-0.2, -0.15) is 0 Å². The fourth-order valence-electron chi connectivity index (χ4n) is 2.32. The predicted octanol–water partition coefficient (Wildman–Crippen LogP) is 4.04. The summed E-state index contributed by atoms with van der Waals surface area (Å²) in [6.07, 6.45) is 7.04. The van der Waals surface area contributed by atoms with Gasteiger partial charge in [0.15, 0.2) is 0 Å². The molecule has 82 valence electrons. The minimum Gasteiger partial charge on any atom is -0.489 e. The molecule has 0 radical (unpaired) electrons. The lowest BCUT2D eigenvalue weighted by molar-refractivity contribution is 0.212. The molecule has 0 atom stereocenters. The second kappa shape index (κ2) is 4.12. The summed E-state index contributed by atoms with van der Waals surface area (Å²) in [6, 6.07) is 9.92. The van der Waals surface area contributed by atoms with E-state index in [1.807, 2.05) is 30.3 Å². The third-order valence-corrected chi connectivity index (χ3v) is 3.16. The Balaban J connectivity index is 1.96. The van der Waals surface area contributed by atoms with E-state index in [9.17, 15) is 0 Å². The van der Waals surface area contributed by atoms with Crippen molar-refractivity contribution >= 4 is 11.0 Å². The number of benzene rings is 1. The van der Waals surface area contributed by atoms with Gasteiger partial charge >= 0.3 is 11.8 Å². The van der Waals surface area contributed by atoms with Gasteiger partial charge < -0.3 is 4.74 Å². The molecule has 0 amide bonds. The van der Waals surface area contributed by atoms with E-state index in [0.717, 1.165) is 16.7 Å². The van der Waals surface area contributed by atoms with Crippen LogP contribution in [0, 0.1) is 0 Å². The minimum atomic E-state index is 0.394. The summed E-state index contributed by atoms with van der Waals surface area (Å²) in [6.45, 7) is 0. The van der Waals surface area contributed by atoms with Crippen LogP contribution in [0.2, 0.25) is 0 Å². The molecule has 0 spiro atoms. The lowest BCUT2D eigenvalue weighted by Crippen LogP contribution is -2.10. The summed E-state index contributed by atoms with van der Waals surface area (Å²) < 4.78 is 11.5. The zero-order valence-corrected chi connectivity index (χ0v) is 9.19. The number of hydrogen-bond donors (Lipinski definition) is 0. The Kier molecular flexibility index (Phi) is 2.49. The molecule has 3 rings (SSSR count). The number of hydrogen-bond acceptors (Lipinski definition) is 1. The van der Waals surface area contributed by atoms with E-state index >= 15 is 0 Å². The maximum Gasteiger partial charge on any atom is 0.363 e. The second-order valence-corrected chi connectivity index (χ2v) is 4.31. The molecule has 1 heterocycles. The zero-order chi connectivity index (χ0) is 10.8. The van der Waals surface area contributed by atoms with Gasteiger partial charge in [-0.15, -0.1) is 0 Å². The molecule has 2 aromatic rings. The van der Waals surface area contributed by atoms with Gasteiger partial charge in [-0.3, -0.25) is 0 Å². The van der Waals surface area contributed by atoms with Crippen molar-refractivity contribution in [3.8, 4) is 5.75 Å². The van der Waals surface area contributed by atoms with Crippen molar-refractivity contribution in [2.24, 2.45) is 0 Å². The third kappa shape index (κ3) is 1.75. The summed E-state index contributed by atoms with van der Waals surface area (Å²) in [5, 5.41) is 1.07. The van der Waals surface area contributed by atoms with Gasteiger partial charge in [0.25, 0.3) is 0 Å². The fraction of sp³-hybridized carbons (Fsp3) is 0.357.